The van der Waals surface area contributed by atoms with Gasteiger partial charge < -0.3 is 5.32 Å². The minimum Gasteiger partial charge on any atom is -0.352 e. The van der Waals surface area contributed by atoms with E-state index in [2.05, 4.69) is 22.4 Å². The summed E-state index contributed by atoms with van der Waals surface area (Å²) < 4.78 is 13.4. The maximum atomic E-state index is 13.4. The predicted molar refractivity (Wildman–Crippen MR) is 75.0 cm³/mol. The van der Waals surface area contributed by atoms with Crippen LogP contribution in [0.1, 0.15) is 12.0 Å². The first-order valence-corrected chi connectivity index (χ1v) is 6.06. The van der Waals surface area contributed by atoms with Crippen molar-refractivity contribution in [3.63, 3.8) is 0 Å². The molecule has 20 heavy (non-hydrogen) atoms. The molecule has 0 aliphatic carbocycles. The van der Waals surface area contributed by atoms with Crippen LogP contribution in [0.15, 0.2) is 36.0 Å². The molecule has 0 aliphatic rings. The average molecular weight is 298 g/mol. The summed E-state index contributed by atoms with van der Waals surface area (Å²) in [5.41, 5.74) is 2.17. The Balaban J connectivity index is 2.50. The number of rotatable bonds is 6. The number of nitrogens with one attached hydrogen (secondary N) is 2. The predicted octanol–water partition coefficient (Wildman–Crippen LogP) is 1.62. The van der Waals surface area contributed by atoms with E-state index in [0.29, 0.717) is 0 Å². The van der Waals surface area contributed by atoms with Crippen molar-refractivity contribution in [2.75, 3.05) is 6.54 Å². The van der Waals surface area contributed by atoms with E-state index in [9.17, 15) is 14.0 Å². The lowest BCUT2D eigenvalue weighted by atomic mass is 10.2. The van der Waals surface area contributed by atoms with Crippen LogP contribution in [-0.4, -0.2) is 24.6 Å². The summed E-state index contributed by atoms with van der Waals surface area (Å²) in [6, 6.07) is 4.17. The second-order valence-corrected chi connectivity index (χ2v) is 4.11. The van der Waals surface area contributed by atoms with Gasteiger partial charge in [-0.25, -0.2) is 9.82 Å². The molecule has 2 amide bonds. The van der Waals surface area contributed by atoms with Crippen LogP contribution in [0.5, 0.6) is 0 Å². The van der Waals surface area contributed by atoms with Crippen LogP contribution < -0.4 is 10.7 Å². The first-order valence-electron chi connectivity index (χ1n) is 5.68. The van der Waals surface area contributed by atoms with Gasteiger partial charge in [0.05, 0.1) is 11.2 Å². The van der Waals surface area contributed by atoms with Crippen LogP contribution in [0, 0.1) is 5.82 Å². The highest BCUT2D eigenvalue weighted by Crippen LogP contribution is 2.16. The van der Waals surface area contributed by atoms with Gasteiger partial charge in [0.15, 0.2) is 0 Å². The zero-order valence-corrected chi connectivity index (χ0v) is 11.3. The number of hydrazone groups is 1. The second-order valence-electron chi connectivity index (χ2n) is 3.70. The van der Waals surface area contributed by atoms with Crippen molar-refractivity contribution in [1.82, 2.24) is 10.7 Å². The van der Waals surface area contributed by atoms with Crippen molar-refractivity contribution in [2.24, 2.45) is 5.10 Å². The normalized spacial score (nSPS) is 10.3. The number of halogens is 2. The Morgan fingerprint density at radius 3 is 2.80 bits per heavy atom. The summed E-state index contributed by atoms with van der Waals surface area (Å²) in [4.78, 5) is 22.5. The quantitative estimate of drug-likeness (QED) is 0.362. The van der Waals surface area contributed by atoms with Gasteiger partial charge >= 0.3 is 0 Å². The summed E-state index contributed by atoms with van der Waals surface area (Å²) >= 11 is 5.77. The fourth-order valence-electron chi connectivity index (χ4n) is 1.24. The van der Waals surface area contributed by atoms with Gasteiger partial charge in [0.2, 0.25) is 11.8 Å². The summed E-state index contributed by atoms with van der Waals surface area (Å²) in [5.74, 6) is -1.63. The van der Waals surface area contributed by atoms with Crippen molar-refractivity contribution in [3.8, 4) is 0 Å². The Morgan fingerprint density at radius 2 is 2.15 bits per heavy atom. The van der Waals surface area contributed by atoms with Crippen molar-refractivity contribution in [1.29, 1.82) is 0 Å². The molecular formula is C13H13ClFN3O2. The summed E-state index contributed by atoms with van der Waals surface area (Å²) in [7, 11) is 0. The molecular weight excluding hydrogens is 285 g/mol. The minimum absolute atomic E-state index is 0.0607. The Hall–Kier alpha value is -2.21. The third kappa shape index (κ3) is 5.19. The van der Waals surface area contributed by atoms with E-state index in [1.807, 2.05) is 0 Å². The van der Waals surface area contributed by atoms with E-state index in [0.717, 1.165) is 6.21 Å². The zero-order chi connectivity index (χ0) is 15.0. The van der Waals surface area contributed by atoms with Gasteiger partial charge in [-0.3, -0.25) is 9.59 Å². The number of carbonyl (C=O) groups excluding carboxylic acids is 2. The number of amides is 2. The number of nitrogens with zero attached hydrogens (tertiary/aromatic N) is 1. The van der Waals surface area contributed by atoms with Gasteiger partial charge in [-0.05, 0) is 12.1 Å². The molecule has 0 aliphatic heterocycles. The lowest BCUT2D eigenvalue weighted by Crippen LogP contribution is -2.29. The number of carbonyl (C=O) groups is 2. The van der Waals surface area contributed by atoms with Crippen molar-refractivity contribution in [2.45, 2.75) is 6.42 Å². The monoisotopic (exact) mass is 297 g/mol. The first-order chi connectivity index (χ1) is 9.54. The molecule has 2 N–H and O–H groups in total. The maximum absolute atomic E-state index is 13.4. The van der Waals surface area contributed by atoms with Gasteiger partial charge in [0.1, 0.15) is 12.2 Å². The molecule has 0 heterocycles. The van der Waals surface area contributed by atoms with Gasteiger partial charge in [0.25, 0.3) is 0 Å². The molecule has 1 rings (SSSR count). The largest absolute Gasteiger partial charge is 0.352 e. The topological polar surface area (TPSA) is 70.6 Å². The molecule has 7 heteroatoms. The molecule has 1 aromatic rings. The molecule has 0 saturated carbocycles. The second kappa shape index (κ2) is 8.06. The van der Waals surface area contributed by atoms with Crippen LogP contribution >= 0.6 is 11.6 Å². The lowest BCUT2D eigenvalue weighted by molar-refractivity contribution is -0.129. The standard InChI is InChI=1S/C13H13ClFN3O2/c1-2-6-16-12(19)7-13(20)18-17-8-9-10(14)4-3-5-11(9)15/h2-5,8H,1,6-7H2,(H,16,19)(H,18,20)/b17-8-. The first kappa shape index (κ1) is 15.8. The summed E-state index contributed by atoms with van der Waals surface area (Å²) in [6.07, 6.45) is 2.20. The van der Waals surface area contributed by atoms with E-state index in [1.165, 1.54) is 24.3 Å². The van der Waals surface area contributed by atoms with Crippen molar-refractivity contribution >= 4 is 29.6 Å². The Labute approximate surface area is 120 Å². The molecule has 106 valence electrons. The van der Waals surface area contributed by atoms with Gasteiger partial charge in [-0.15, -0.1) is 6.58 Å². The Bertz CT molecular complexity index is 526. The zero-order valence-electron chi connectivity index (χ0n) is 10.5. The molecule has 1 aromatic carbocycles. The van der Waals surface area contributed by atoms with Crippen LogP contribution in [0.4, 0.5) is 4.39 Å². The number of benzene rings is 1. The van der Waals surface area contributed by atoms with Crippen molar-refractivity contribution < 1.29 is 14.0 Å². The van der Waals surface area contributed by atoms with Gasteiger partial charge in [-0.2, -0.15) is 5.10 Å². The highest BCUT2D eigenvalue weighted by Gasteiger charge is 2.08. The third-order valence-electron chi connectivity index (χ3n) is 2.15. The van der Waals surface area contributed by atoms with Gasteiger partial charge in [0, 0.05) is 12.1 Å². The third-order valence-corrected chi connectivity index (χ3v) is 2.48. The number of hydrogen-bond donors (Lipinski definition) is 2. The van der Waals surface area contributed by atoms with Gasteiger partial charge in [-0.1, -0.05) is 23.7 Å². The average Bonchev–Trinajstić information content (AvgIpc) is 2.39. The van der Waals surface area contributed by atoms with Crippen molar-refractivity contribution in [3.05, 3.63) is 47.3 Å². The fraction of sp³-hybridized carbons (Fsp3) is 0.154. The highest BCUT2D eigenvalue weighted by atomic mass is 35.5. The van der Waals surface area contributed by atoms with E-state index in [4.69, 9.17) is 11.6 Å². The Morgan fingerprint density at radius 1 is 1.40 bits per heavy atom. The van der Waals surface area contributed by atoms with E-state index in [-0.39, 0.29) is 23.6 Å². The van der Waals surface area contributed by atoms with E-state index < -0.39 is 17.6 Å². The highest BCUT2D eigenvalue weighted by molar-refractivity contribution is 6.33. The summed E-state index contributed by atoms with van der Waals surface area (Å²) in [6.45, 7) is 3.70. The Kier molecular flexibility index (Phi) is 6.39. The molecule has 5 nitrogen and oxygen atoms in total. The van der Waals surface area contributed by atoms with E-state index in [1.54, 1.807) is 0 Å². The molecule has 0 unspecified atom stereocenters. The van der Waals surface area contributed by atoms with Crippen LogP contribution in [0.3, 0.4) is 0 Å². The number of hydrogen-bond acceptors (Lipinski definition) is 3. The van der Waals surface area contributed by atoms with E-state index >= 15 is 0 Å². The van der Waals surface area contributed by atoms with Crippen LogP contribution in [-0.2, 0) is 9.59 Å². The fourth-order valence-corrected chi connectivity index (χ4v) is 1.45. The molecule has 0 aromatic heterocycles. The SMILES string of the molecule is C=CCNC(=O)CC(=O)N/N=C\c1c(F)cccc1Cl. The molecule has 0 saturated heterocycles. The maximum Gasteiger partial charge on any atom is 0.249 e. The molecule has 0 radical (unpaired) electrons. The molecule has 0 spiro atoms. The summed E-state index contributed by atoms with van der Waals surface area (Å²) in [5, 5.41) is 6.16. The lowest BCUT2D eigenvalue weighted by Gasteiger charge is -2.02. The van der Waals surface area contributed by atoms with Crippen LogP contribution in [0.25, 0.3) is 0 Å². The minimum atomic E-state index is -0.615. The van der Waals surface area contributed by atoms with Crippen LogP contribution in [0.2, 0.25) is 5.02 Å². The molecule has 0 atom stereocenters. The molecule has 0 fully saturated rings. The smallest absolute Gasteiger partial charge is 0.249 e. The molecule has 0 bridgehead atoms.